The molecule has 1 aromatic heterocycles. The number of anilines is 1. The minimum absolute atomic E-state index is 0.485. The van der Waals surface area contributed by atoms with E-state index in [0.29, 0.717) is 11.1 Å². The van der Waals surface area contributed by atoms with Gasteiger partial charge in [-0.2, -0.15) is 0 Å². The van der Waals surface area contributed by atoms with E-state index in [-0.39, 0.29) is 0 Å². The average molecular weight is 197 g/mol. The first-order chi connectivity index (χ1) is 6.36. The van der Waals surface area contributed by atoms with Crippen molar-refractivity contribution >= 4 is 17.6 Å². The molecular weight excluding hydrogens is 186 g/mol. The first-order valence-corrected chi connectivity index (χ1v) is 5.05. The second-order valence-electron chi connectivity index (χ2n) is 2.85. The topological polar surface area (TPSA) is 61.0 Å². The first kappa shape index (κ1) is 8.77. The second kappa shape index (κ2) is 3.93. The van der Waals surface area contributed by atoms with E-state index in [9.17, 15) is 0 Å². The fourth-order valence-corrected chi connectivity index (χ4v) is 2.18. The summed E-state index contributed by atoms with van der Waals surface area (Å²) in [7, 11) is 0. The van der Waals surface area contributed by atoms with Crippen LogP contribution in [0.5, 0.6) is 0 Å². The van der Waals surface area contributed by atoms with Crippen molar-refractivity contribution < 1.29 is 4.74 Å². The summed E-state index contributed by atoms with van der Waals surface area (Å²) in [4.78, 5) is 8.14. The zero-order valence-corrected chi connectivity index (χ0v) is 7.96. The van der Waals surface area contributed by atoms with E-state index < -0.39 is 0 Å². The Morgan fingerprint density at radius 3 is 3.00 bits per heavy atom. The quantitative estimate of drug-likeness (QED) is 0.764. The number of nitrogens with zero attached hydrogens (tertiary/aromatic N) is 2. The molecule has 1 unspecified atom stereocenters. The molecule has 0 aliphatic carbocycles. The maximum atomic E-state index is 5.66. The smallest absolute Gasteiger partial charge is 0.156 e. The van der Waals surface area contributed by atoms with Gasteiger partial charge in [0, 0.05) is 24.3 Å². The predicted octanol–water partition coefficient (Wildman–Crippen LogP) is 0.940. The highest BCUT2D eigenvalue weighted by molar-refractivity contribution is 8.00. The number of nitrogen functional groups attached to an aromatic ring is 1. The Balaban J connectivity index is 2.04. The third-order valence-electron chi connectivity index (χ3n) is 1.86. The van der Waals surface area contributed by atoms with Gasteiger partial charge in [-0.15, -0.1) is 0 Å². The molecule has 13 heavy (non-hydrogen) atoms. The molecule has 0 aromatic carbocycles. The van der Waals surface area contributed by atoms with Crippen LogP contribution in [0.4, 0.5) is 5.82 Å². The highest BCUT2D eigenvalue weighted by atomic mass is 32.2. The molecule has 0 saturated carbocycles. The Bertz CT molecular complexity index is 288. The average Bonchev–Trinajstić information content (AvgIpc) is 2.61. The number of nitrogens with two attached hydrogens (primary N) is 1. The third kappa shape index (κ3) is 2.10. The Morgan fingerprint density at radius 1 is 1.46 bits per heavy atom. The first-order valence-electron chi connectivity index (χ1n) is 4.17. The lowest BCUT2D eigenvalue weighted by molar-refractivity contribution is 0.199. The van der Waals surface area contributed by atoms with Gasteiger partial charge >= 0.3 is 0 Å². The van der Waals surface area contributed by atoms with Crippen LogP contribution < -0.4 is 5.73 Å². The van der Waals surface area contributed by atoms with Crippen molar-refractivity contribution in [3.8, 4) is 0 Å². The standard InChI is InChI=1S/C8H11N3OS/c9-7-8(11-3-2-10-7)13-6-1-4-12-5-6/h2-3,6H,1,4-5H2,(H2,9,10). The van der Waals surface area contributed by atoms with Crippen molar-refractivity contribution in [1.82, 2.24) is 9.97 Å². The van der Waals surface area contributed by atoms with Gasteiger partial charge in [0.1, 0.15) is 5.03 Å². The molecule has 5 heteroatoms. The van der Waals surface area contributed by atoms with Crippen molar-refractivity contribution in [2.75, 3.05) is 18.9 Å². The van der Waals surface area contributed by atoms with Crippen molar-refractivity contribution in [3.63, 3.8) is 0 Å². The molecule has 0 spiro atoms. The largest absolute Gasteiger partial charge is 0.381 e. The van der Waals surface area contributed by atoms with Crippen molar-refractivity contribution in [2.24, 2.45) is 0 Å². The molecule has 0 bridgehead atoms. The van der Waals surface area contributed by atoms with Crippen LogP contribution in [0.3, 0.4) is 0 Å². The van der Waals surface area contributed by atoms with E-state index in [1.165, 1.54) is 0 Å². The van der Waals surface area contributed by atoms with Gasteiger partial charge in [0.05, 0.1) is 6.61 Å². The number of ether oxygens (including phenoxy) is 1. The van der Waals surface area contributed by atoms with E-state index in [2.05, 4.69) is 9.97 Å². The predicted molar refractivity (Wildman–Crippen MR) is 51.5 cm³/mol. The summed E-state index contributed by atoms with van der Waals surface area (Å²) in [6, 6.07) is 0. The third-order valence-corrected chi connectivity index (χ3v) is 3.10. The van der Waals surface area contributed by atoms with E-state index in [1.807, 2.05) is 0 Å². The highest BCUT2D eigenvalue weighted by Gasteiger charge is 2.18. The number of hydrogen-bond donors (Lipinski definition) is 1. The van der Waals surface area contributed by atoms with Crippen molar-refractivity contribution in [3.05, 3.63) is 12.4 Å². The van der Waals surface area contributed by atoms with Crippen LogP contribution in [0.2, 0.25) is 0 Å². The van der Waals surface area contributed by atoms with Crippen LogP contribution in [0.1, 0.15) is 6.42 Å². The summed E-state index contributed by atoms with van der Waals surface area (Å²) in [5, 5.41) is 1.30. The molecule has 4 nitrogen and oxygen atoms in total. The minimum atomic E-state index is 0.485. The summed E-state index contributed by atoms with van der Waals surface area (Å²) in [6.07, 6.45) is 4.33. The molecule has 1 aliphatic heterocycles. The molecule has 1 atom stereocenters. The highest BCUT2D eigenvalue weighted by Crippen LogP contribution is 2.29. The summed E-state index contributed by atoms with van der Waals surface area (Å²) in [5.74, 6) is 0.513. The van der Waals surface area contributed by atoms with Crippen LogP contribution in [0.15, 0.2) is 17.4 Å². The van der Waals surface area contributed by atoms with Gasteiger partial charge < -0.3 is 10.5 Å². The summed E-state index contributed by atoms with van der Waals surface area (Å²) >= 11 is 1.65. The molecule has 0 amide bonds. The van der Waals surface area contributed by atoms with Gasteiger partial charge in [-0.1, -0.05) is 11.8 Å². The lowest BCUT2D eigenvalue weighted by Gasteiger charge is -2.06. The van der Waals surface area contributed by atoms with Crippen LogP contribution in [-0.4, -0.2) is 28.4 Å². The minimum Gasteiger partial charge on any atom is -0.381 e. The monoisotopic (exact) mass is 197 g/mol. The summed E-state index contributed by atoms with van der Waals surface area (Å²) in [6.45, 7) is 1.64. The molecule has 70 valence electrons. The zero-order chi connectivity index (χ0) is 9.10. The summed E-state index contributed by atoms with van der Waals surface area (Å²) < 4.78 is 5.26. The Morgan fingerprint density at radius 2 is 2.31 bits per heavy atom. The normalized spacial score (nSPS) is 22.0. The van der Waals surface area contributed by atoms with Gasteiger partial charge in [0.15, 0.2) is 5.82 Å². The fraction of sp³-hybridized carbons (Fsp3) is 0.500. The van der Waals surface area contributed by atoms with Crippen LogP contribution in [-0.2, 0) is 4.74 Å². The maximum absolute atomic E-state index is 5.66. The Labute approximate surface area is 80.9 Å². The van der Waals surface area contributed by atoms with Gasteiger partial charge in [-0.3, -0.25) is 0 Å². The van der Waals surface area contributed by atoms with Crippen LogP contribution in [0, 0.1) is 0 Å². The molecule has 1 aromatic rings. The van der Waals surface area contributed by atoms with E-state index in [1.54, 1.807) is 24.2 Å². The number of hydrogen-bond acceptors (Lipinski definition) is 5. The number of aromatic nitrogens is 2. The SMILES string of the molecule is Nc1nccnc1SC1CCOC1. The van der Waals surface area contributed by atoms with E-state index in [4.69, 9.17) is 10.5 Å². The van der Waals surface area contributed by atoms with Gasteiger partial charge in [-0.05, 0) is 6.42 Å². The number of thioether (sulfide) groups is 1. The molecule has 2 N–H and O–H groups in total. The lowest BCUT2D eigenvalue weighted by atomic mass is 10.4. The van der Waals surface area contributed by atoms with E-state index >= 15 is 0 Å². The molecule has 1 saturated heterocycles. The molecule has 0 radical (unpaired) electrons. The van der Waals surface area contributed by atoms with Crippen LogP contribution in [0.25, 0.3) is 0 Å². The molecule has 2 heterocycles. The Hall–Kier alpha value is -0.810. The fourth-order valence-electron chi connectivity index (χ4n) is 1.19. The van der Waals surface area contributed by atoms with Crippen LogP contribution >= 0.6 is 11.8 Å². The van der Waals surface area contributed by atoms with E-state index in [0.717, 1.165) is 24.7 Å². The van der Waals surface area contributed by atoms with Crippen molar-refractivity contribution in [1.29, 1.82) is 0 Å². The van der Waals surface area contributed by atoms with Gasteiger partial charge in [0.25, 0.3) is 0 Å². The van der Waals surface area contributed by atoms with Gasteiger partial charge in [0.2, 0.25) is 0 Å². The maximum Gasteiger partial charge on any atom is 0.156 e. The Kier molecular flexibility index (Phi) is 2.65. The zero-order valence-electron chi connectivity index (χ0n) is 7.14. The van der Waals surface area contributed by atoms with Gasteiger partial charge in [-0.25, -0.2) is 9.97 Å². The lowest BCUT2D eigenvalue weighted by Crippen LogP contribution is -2.03. The van der Waals surface area contributed by atoms with Crippen molar-refractivity contribution in [2.45, 2.75) is 16.7 Å². The molecular formula is C8H11N3OS. The second-order valence-corrected chi connectivity index (χ2v) is 4.14. The molecule has 1 aliphatic rings. The number of rotatable bonds is 2. The molecule has 2 rings (SSSR count). The summed E-state index contributed by atoms with van der Waals surface area (Å²) in [5.41, 5.74) is 5.66. The molecule has 1 fully saturated rings.